The van der Waals surface area contributed by atoms with Crippen molar-refractivity contribution >= 4 is 22.7 Å². The summed E-state index contributed by atoms with van der Waals surface area (Å²) in [6.45, 7) is 8.08. The van der Waals surface area contributed by atoms with Crippen LogP contribution in [0.15, 0.2) is 48.5 Å². The Kier molecular flexibility index (Phi) is 14.3. The Morgan fingerprint density at radius 3 is 2.16 bits per heavy atom. The van der Waals surface area contributed by atoms with Gasteiger partial charge in [0.15, 0.2) is 0 Å². The van der Waals surface area contributed by atoms with Crippen LogP contribution in [0, 0.1) is 28.6 Å². The predicted octanol–water partition coefficient (Wildman–Crippen LogP) is 11.8. The van der Waals surface area contributed by atoms with Gasteiger partial charge in [0.05, 0.1) is 11.0 Å². The molecule has 5 nitrogen and oxygen atoms in total. The van der Waals surface area contributed by atoms with Crippen molar-refractivity contribution in [2.45, 2.75) is 148 Å². The Hall–Kier alpha value is -2.82. The molecule has 2 aromatic rings. The summed E-state index contributed by atoms with van der Waals surface area (Å²) in [5.74, 6) is -2.72. The van der Waals surface area contributed by atoms with Crippen LogP contribution in [0.4, 0.5) is 22.0 Å². The van der Waals surface area contributed by atoms with E-state index in [2.05, 4.69) is 19.1 Å². The number of alkyl halides is 5. The fraction of sp³-hybridized carbons (Fsp3) is 0.682. The van der Waals surface area contributed by atoms with E-state index in [0.717, 1.165) is 77.0 Å². The number of benzene rings is 2. The Balaban J connectivity index is 1.15. The number of hydrogen-bond acceptors (Lipinski definition) is 5. The lowest BCUT2D eigenvalue weighted by Gasteiger charge is -2.53. The second kappa shape index (κ2) is 18.2. The number of hydrogen-bond donors (Lipinski definition) is 0. The predicted molar refractivity (Wildman–Crippen MR) is 206 cm³/mol. The molecule has 3 aliphatic carbocycles. The average molecular weight is 795 g/mol. The SMILES string of the molecule is CC(C)(C)C(=O)O[C@H]1CC[C@H]2[C@@H]3[C@H](CCCCCCCCCS(=O)CCCC(F)(F)C(F)(F)F)Cc4cc(OC(=O)c5ccccc5)ccc4[C@H]3CC[C@]12C. The molecule has 0 aromatic heterocycles. The van der Waals surface area contributed by atoms with Crippen LogP contribution in [0.25, 0.3) is 0 Å². The van der Waals surface area contributed by atoms with Crippen molar-refractivity contribution in [2.24, 2.45) is 28.6 Å². The molecule has 3 aliphatic rings. The first-order valence-corrected chi connectivity index (χ1v) is 21.8. The number of carbonyl (C=O) groups is 2. The molecule has 0 aliphatic heterocycles. The summed E-state index contributed by atoms with van der Waals surface area (Å²) in [6, 6.07) is 15.2. The lowest BCUT2D eigenvalue weighted by atomic mass is 9.52. The second-order valence-corrected chi connectivity index (χ2v) is 19.3. The molecule has 5 rings (SSSR count). The Morgan fingerprint density at radius 2 is 1.49 bits per heavy atom. The van der Waals surface area contributed by atoms with Crippen LogP contribution in [0.5, 0.6) is 5.75 Å². The van der Waals surface area contributed by atoms with Crippen LogP contribution in [-0.4, -0.2) is 45.9 Å². The van der Waals surface area contributed by atoms with Gasteiger partial charge in [0.2, 0.25) is 0 Å². The monoisotopic (exact) mass is 794 g/mol. The highest BCUT2D eigenvalue weighted by Crippen LogP contribution is 2.63. The third-order valence-corrected chi connectivity index (χ3v) is 14.1. The van der Waals surface area contributed by atoms with E-state index < -0.39 is 41.2 Å². The van der Waals surface area contributed by atoms with Gasteiger partial charge < -0.3 is 9.47 Å². The minimum Gasteiger partial charge on any atom is -0.461 e. The van der Waals surface area contributed by atoms with Crippen molar-refractivity contribution in [1.29, 1.82) is 0 Å². The van der Waals surface area contributed by atoms with Crippen LogP contribution in [0.1, 0.15) is 145 Å². The summed E-state index contributed by atoms with van der Waals surface area (Å²) in [6.07, 6.45) is 5.33. The third kappa shape index (κ3) is 10.8. The summed E-state index contributed by atoms with van der Waals surface area (Å²) >= 11 is 0. The average Bonchev–Trinajstić information content (AvgIpc) is 3.45. The van der Waals surface area contributed by atoms with Gasteiger partial charge in [0.25, 0.3) is 0 Å². The molecule has 306 valence electrons. The molecule has 55 heavy (non-hydrogen) atoms. The van der Waals surface area contributed by atoms with E-state index in [9.17, 15) is 35.8 Å². The van der Waals surface area contributed by atoms with Gasteiger partial charge in [-0.05, 0) is 131 Å². The first-order chi connectivity index (χ1) is 25.9. The van der Waals surface area contributed by atoms with Crippen molar-refractivity contribution in [2.75, 3.05) is 11.5 Å². The molecule has 0 radical (unpaired) electrons. The van der Waals surface area contributed by atoms with E-state index in [1.807, 2.05) is 45.0 Å². The zero-order valence-electron chi connectivity index (χ0n) is 32.9. The first kappa shape index (κ1) is 43.3. The maximum Gasteiger partial charge on any atom is 0.453 e. The third-order valence-electron chi connectivity index (χ3n) is 12.6. The van der Waals surface area contributed by atoms with E-state index in [1.54, 1.807) is 12.1 Å². The molecule has 0 N–H and O–H groups in total. The number of esters is 2. The number of rotatable bonds is 17. The van der Waals surface area contributed by atoms with E-state index >= 15 is 0 Å². The molecule has 2 fully saturated rings. The number of unbranched alkanes of at least 4 members (excludes halogenated alkanes) is 6. The van der Waals surface area contributed by atoms with Crippen LogP contribution in [-0.2, 0) is 26.8 Å². The van der Waals surface area contributed by atoms with Gasteiger partial charge in [0, 0.05) is 34.1 Å². The van der Waals surface area contributed by atoms with E-state index in [1.165, 1.54) is 11.1 Å². The second-order valence-electron chi connectivity index (χ2n) is 17.6. The first-order valence-electron chi connectivity index (χ1n) is 20.3. The van der Waals surface area contributed by atoms with Gasteiger partial charge in [-0.3, -0.25) is 9.00 Å². The van der Waals surface area contributed by atoms with Crippen molar-refractivity contribution in [3.63, 3.8) is 0 Å². The van der Waals surface area contributed by atoms with E-state index in [-0.39, 0.29) is 29.2 Å². The van der Waals surface area contributed by atoms with Gasteiger partial charge in [-0.25, -0.2) is 4.79 Å². The van der Waals surface area contributed by atoms with Gasteiger partial charge in [-0.1, -0.05) is 69.7 Å². The van der Waals surface area contributed by atoms with E-state index in [0.29, 0.717) is 47.2 Å². The van der Waals surface area contributed by atoms with Crippen LogP contribution in [0.2, 0.25) is 0 Å². The van der Waals surface area contributed by atoms with Crippen molar-refractivity contribution in [1.82, 2.24) is 0 Å². The molecule has 0 saturated heterocycles. The van der Waals surface area contributed by atoms with Crippen molar-refractivity contribution in [3.05, 3.63) is 65.2 Å². The Morgan fingerprint density at radius 1 is 0.836 bits per heavy atom. The zero-order valence-corrected chi connectivity index (χ0v) is 33.7. The molecule has 11 heteroatoms. The summed E-state index contributed by atoms with van der Waals surface area (Å²) in [5.41, 5.74) is 2.51. The largest absolute Gasteiger partial charge is 0.461 e. The van der Waals surface area contributed by atoms with Crippen LogP contribution in [0.3, 0.4) is 0 Å². The highest BCUT2D eigenvalue weighted by Gasteiger charge is 2.59. The Labute approximate surface area is 326 Å². The zero-order chi connectivity index (χ0) is 40.0. The quantitative estimate of drug-likeness (QED) is 0.0690. The number of carbonyl (C=O) groups excluding carboxylic acids is 2. The lowest BCUT2D eigenvalue weighted by Crippen LogP contribution is -2.48. The fourth-order valence-electron chi connectivity index (χ4n) is 9.56. The summed E-state index contributed by atoms with van der Waals surface area (Å²) < 4.78 is 87.5. The van der Waals surface area contributed by atoms with Gasteiger partial charge in [-0.15, -0.1) is 0 Å². The van der Waals surface area contributed by atoms with E-state index in [4.69, 9.17) is 9.47 Å². The Bertz CT molecular complexity index is 1620. The highest BCUT2D eigenvalue weighted by atomic mass is 32.2. The van der Waals surface area contributed by atoms with Crippen molar-refractivity contribution in [3.8, 4) is 5.75 Å². The van der Waals surface area contributed by atoms with Gasteiger partial charge in [0.1, 0.15) is 11.9 Å². The fourth-order valence-corrected chi connectivity index (χ4v) is 10.8. The number of fused-ring (bicyclic) bond motifs is 5. The summed E-state index contributed by atoms with van der Waals surface area (Å²) in [7, 11) is -1.39. The molecule has 2 aromatic carbocycles. The minimum atomic E-state index is -5.57. The van der Waals surface area contributed by atoms with Gasteiger partial charge in [-0.2, -0.15) is 22.0 Å². The molecule has 2 saturated carbocycles. The highest BCUT2D eigenvalue weighted by molar-refractivity contribution is 7.84. The molecule has 0 spiro atoms. The topological polar surface area (TPSA) is 69.7 Å². The normalized spacial score (nSPS) is 25.7. The molecule has 0 bridgehead atoms. The maximum atomic E-state index is 13.1. The minimum absolute atomic E-state index is 0.0687. The molecular weight excluding hydrogens is 736 g/mol. The standard InChI is InChI=1S/C44H59F5O5S/c1-41(2,3)40(51)54-37-22-21-36-38-31(18-11-8-6-5-7-9-14-26-55(52)27-15-24-43(45,46)44(47,48)49)28-32-29-33(53-39(50)30-16-12-10-13-17-30)19-20-34(32)35(38)23-25-42(36,37)4/h10,12-13,16-17,19-20,29,31,35-38H,5-9,11,14-15,18,21-28H2,1-4H3/t31-,35-,36+,37+,38-,42+,55?/m1/s1. The summed E-state index contributed by atoms with van der Waals surface area (Å²) in [5, 5.41) is 0. The molecule has 0 heterocycles. The number of halogens is 5. The molecular formula is C44H59F5O5S. The molecule has 7 atom stereocenters. The van der Waals surface area contributed by atoms with Crippen molar-refractivity contribution < 1.29 is 45.2 Å². The lowest BCUT2D eigenvalue weighted by molar-refractivity contribution is -0.284. The van der Waals surface area contributed by atoms with Gasteiger partial charge >= 0.3 is 24.0 Å². The van der Waals surface area contributed by atoms with Crippen LogP contribution >= 0.6 is 0 Å². The van der Waals surface area contributed by atoms with Crippen LogP contribution < -0.4 is 4.74 Å². The maximum absolute atomic E-state index is 13.1. The molecule has 0 amide bonds. The molecule has 1 unspecified atom stereocenters. The smallest absolute Gasteiger partial charge is 0.453 e. The number of ether oxygens (including phenoxy) is 2. The summed E-state index contributed by atoms with van der Waals surface area (Å²) in [4.78, 5) is 25.9.